The highest BCUT2D eigenvalue weighted by Crippen LogP contribution is 2.35. The van der Waals surface area contributed by atoms with Gasteiger partial charge in [0.1, 0.15) is 0 Å². The van der Waals surface area contributed by atoms with Gasteiger partial charge in [0.15, 0.2) is 0 Å². The van der Waals surface area contributed by atoms with Gasteiger partial charge in [-0.3, -0.25) is 0 Å². The predicted molar refractivity (Wildman–Crippen MR) is 68.0 cm³/mol. The predicted octanol–water partition coefficient (Wildman–Crippen LogP) is 0.461. The van der Waals surface area contributed by atoms with E-state index in [1.807, 2.05) is 0 Å². The smallest absolute Gasteiger partial charge is 0.349 e. The van der Waals surface area contributed by atoms with Crippen LogP contribution in [0.1, 0.15) is 47.0 Å². The van der Waals surface area contributed by atoms with Crippen LogP contribution < -0.4 is 5.73 Å². The number of nitrogen functional groups attached to an aromatic ring is 1. The van der Waals surface area contributed by atoms with Gasteiger partial charge in [-0.1, -0.05) is 0 Å². The number of fused-ring (bicyclic) bond motifs is 1. The molecular formula is C13H11NO7. The summed E-state index contributed by atoms with van der Waals surface area (Å²) in [5.41, 5.74) is 4.54. The zero-order chi connectivity index (χ0) is 15.9. The molecule has 8 heteroatoms. The molecule has 0 radical (unpaired) electrons. The second-order valence-corrected chi connectivity index (χ2v) is 4.20. The molecule has 21 heavy (non-hydrogen) atoms. The number of hydrogen-bond donors (Lipinski definition) is 1. The Morgan fingerprint density at radius 2 is 1.43 bits per heavy atom. The Balaban J connectivity index is 2.94. The van der Waals surface area contributed by atoms with Crippen LogP contribution in [0, 0.1) is 6.92 Å². The van der Waals surface area contributed by atoms with Crippen LogP contribution in [-0.4, -0.2) is 38.1 Å². The van der Waals surface area contributed by atoms with E-state index in [2.05, 4.69) is 14.2 Å². The Morgan fingerprint density at radius 1 is 0.952 bits per heavy atom. The summed E-state index contributed by atoms with van der Waals surface area (Å²) >= 11 is 0. The molecule has 1 aliphatic rings. The standard InChI is InChI=1S/C13H11NO7/c1-4-5(10(15)19-2)7(11(16)20-3)9(14)8-6(4)12(17)21-13(8)18/h14H2,1-3H3. The van der Waals surface area contributed by atoms with Gasteiger partial charge in [-0.2, -0.15) is 0 Å². The first-order valence-electron chi connectivity index (χ1n) is 5.74. The van der Waals surface area contributed by atoms with Crippen molar-refractivity contribution in [2.75, 3.05) is 20.0 Å². The fourth-order valence-corrected chi connectivity index (χ4v) is 2.22. The van der Waals surface area contributed by atoms with E-state index < -0.39 is 23.9 Å². The number of hydrogen-bond acceptors (Lipinski definition) is 8. The molecule has 0 atom stereocenters. The first-order chi connectivity index (χ1) is 9.84. The van der Waals surface area contributed by atoms with Crippen LogP contribution in [0.3, 0.4) is 0 Å². The minimum atomic E-state index is -0.975. The molecule has 0 unspecified atom stereocenters. The number of carbonyl (C=O) groups excluding carboxylic acids is 4. The Bertz CT molecular complexity index is 646. The molecule has 2 N–H and O–H groups in total. The van der Waals surface area contributed by atoms with Gasteiger partial charge in [0.25, 0.3) is 0 Å². The third kappa shape index (κ3) is 1.92. The average Bonchev–Trinajstić information content (AvgIpc) is 2.76. The number of cyclic esters (lactones) is 2. The number of nitrogens with two attached hydrogens (primary N) is 1. The molecule has 1 aromatic rings. The van der Waals surface area contributed by atoms with Crippen LogP contribution >= 0.6 is 0 Å². The Kier molecular flexibility index (Phi) is 3.38. The monoisotopic (exact) mass is 293 g/mol. The quantitative estimate of drug-likeness (QED) is 0.361. The fourth-order valence-electron chi connectivity index (χ4n) is 2.22. The van der Waals surface area contributed by atoms with Gasteiger partial charge >= 0.3 is 23.9 Å². The van der Waals surface area contributed by atoms with Crippen molar-refractivity contribution in [3.05, 3.63) is 27.8 Å². The van der Waals surface area contributed by atoms with E-state index in [9.17, 15) is 19.2 Å². The molecule has 0 amide bonds. The number of carbonyl (C=O) groups is 4. The second-order valence-electron chi connectivity index (χ2n) is 4.20. The van der Waals surface area contributed by atoms with Crippen molar-refractivity contribution in [1.29, 1.82) is 0 Å². The highest BCUT2D eigenvalue weighted by molar-refractivity contribution is 6.22. The third-order valence-electron chi connectivity index (χ3n) is 3.16. The molecule has 8 nitrogen and oxygen atoms in total. The number of benzene rings is 1. The van der Waals surface area contributed by atoms with E-state index in [-0.39, 0.29) is 33.5 Å². The minimum Gasteiger partial charge on any atom is -0.465 e. The lowest BCUT2D eigenvalue weighted by atomic mass is 9.91. The molecule has 0 aromatic heterocycles. The van der Waals surface area contributed by atoms with Crippen LogP contribution in [0.15, 0.2) is 0 Å². The minimum absolute atomic E-state index is 0.0716. The van der Waals surface area contributed by atoms with Gasteiger partial charge in [0, 0.05) is 0 Å². The van der Waals surface area contributed by atoms with Gasteiger partial charge in [-0.25, -0.2) is 19.2 Å². The number of esters is 4. The fraction of sp³-hybridized carbons (Fsp3) is 0.231. The molecule has 110 valence electrons. The van der Waals surface area contributed by atoms with Crippen LogP contribution in [0.2, 0.25) is 0 Å². The molecule has 1 aliphatic heterocycles. The Labute approximate surface area is 118 Å². The van der Waals surface area contributed by atoms with Crippen molar-refractivity contribution in [2.24, 2.45) is 0 Å². The molecule has 0 bridgehead atoms. The lowest BCUT2D eigenvalue weighted by Crippen LogP contribution is -2.19. The van der Waals surface area contributed by atoms with E-state index in [0.717, 1.165) is 14.2 Å². The second kappa shape index (κ2) is 4.89. The zero-order valence-corrected chi connectivity index (χ0v) is 11.4. The molecule has 1 heterocycles. The lowest BCUT2D eigenvalue weighted by Gasteiger charge is -2.14. The van der Waals surface area contributed by atoms with Gasteiger partial charge in [-0.15, -0.1) is 0 Å². The SMILES string of the molecule is COC(=O)c1c(C)c2c(c(N)c1C(=O)OC)C(=O)OC2=O. The average molecular weight is 293 g/mol. The first kappa shape index (κ1) is 14.5. The highest BCUT2D eigenvalue weighted by Gasteiger charge is 2.40. The summed E-state index contributed by atoms with van der Waals surface area (Å²) in [5, 5.41) is 0. The summed E-state index contributed by atoms with van der Waals surface area (Å²) in [5.74, 6) is -3.71. The van der Waals surface area contributed by atoms with E-state index >= 15 is 0 Å². The summed E-state index contributed by atoms with van der Waals surface area (Å²) in [6.07, 6.45) is 0. The van der Waals surface area contributed by atoms with Crippen molar-refractivity contribution in [3.8, 4) is 0 Å². The number of anilines is 1. The van der Waals surface area contributed by atoms with Crippen LogP contribution in [0.5, 0.6) is 0 Å². The summed E-state index contributed by atoms with van der Waals surface area (Å²) in [6.45, 7) is 1.39. The van der Waals surface area contributed by atoms with Gasteiger partial charge < -0.3 is 19.9 Å². The molecular weight excluding hydrogens is 282 g/mol. The lowest BCUT2D eigenvalue weighted by molar-refractivity contribution is 0.0443. The Hall–Kier alpha value is -2.90. The van der Waals surface area contributed by atoms with Crippen LogP contribution in [0.25, 0.3) is 0 Å². The molecule has 2 rings (SSSR count). The van der Waals surface area contributed by atoms with E-state index in [0.29, 0.717) is 0 Å². The van der Waals surface area contributed by atoms with Crippen molar-refractivity contribution in [2.45, 2.75) is 6.92 Å². The zero-order valence-electron chi connectivity index (χ0n) is 11.4. The van der Waals surface area contributed by atoms with Crippen LogP contribution in [-0.2, 0) is 14.2 Å². The first-order valence-corrected chi connectivity index (χ1v) is 5.74. The molecule has 0 fully saturated rings. The maximum Gasteiger partial charge on any atom is 0.349 e. The summed E-state index contributed by atoms with van der Waals surface area (Å²) < 4.78 is 13.6. The van der Waals surface area contributed by atoms with Gasteiger partial charge in [0.05, 0.1) is 42.2 Å². The van der Waals surface area contributed by atoms with Crippen molar-refractivity contribution >= 4 is 29.6 Å². The van der Waals surface area contributed by atoms with Crippen molar-refractivity contribution in [1.82, 2.24) is 0 Å². The van der Waals surface area contributed by atoms with Gasteiger partial charge in [0.2, 0.25) is 0 Å². The Morgan fingerprint density at radius 3 is 1.95 bits per heavy atom. The molecule has 0 aliphatic carbocycles. The molecule has 1 aromatic carbocycles. The third-order valence-corrected chi connectivity index (χ3v) is 3.16. The normalized spacial score (nSPS) is 12.7. The maximum atomic E-state index is 11.9. The summed E-state index contributed by atoms with van der Waals surface area (Å²) in [7, 11) is 2.20. The van der Waals surface area contributed by atoms with Crippen LogP contribution in [0.4, 0.5) is 5.69 Å². The van der Waals surface area contributed by atoms with E-state index in [1.54, 1.807) is 0 Å². The summed E-state index contributed by atoms with van der Waals surface area (Å²) in [4.78, 5) is 47.1. The summed E-state index contributed by atoms with van der Waals surface area (Å²) in [6, 6.07) is 0. The van der Waals surface area contributed by atoms with E-state index in [4.69, 9.17) is 5.73 Å². The molecule has 0 saturated heterocycles. The van der Waals surface area contributed by atoms with Gasteiger partial charge in [-0.05, 0) is 12.5 Å². The highest BCUT2D eigenvalue weighted by atomic mass is 16.6. The van der Waals surface area contributed by atoms with Crippen molar-refractivity contribution in [3.63, 3.8) is 0 Å². The topological polar surface area (TPSA) is 122 Å². The molecule has 0 spiro atoms. The maximum absolute atomic E-state index is 11.9. The largest absolute Gasteiger partial charge is 0.465 e. The van der Waals surface area contributed by atoms with Crippen molar-refractivity contribution < 1.29 is 33.4 Å². The number of ether oxygens (including phenoxy) is 3. The number of rotatable bonds is 2. The van der Waals surface area contributed by atoms with E-state index in [1.165, 1.54) is 6.92 Å². The number of methoxy groups -OCH3 is 2. The molecule has 0 saturated carbocycles.